The maximum atomic E-state index is 12.4. The molecule has 142 valence electrons. The summed E-state index contributed by atoms with van der Waals surface area (Å²) in [6.45, 7) is 0. The van der Waals surface area contributed by atoms with Gasteiger partial charge in [0.25, 0.3) is 0 Å². The van der Waals surface area contributed by atoms with E-state index in [4.69, 9.17) is 28.7 Å². The van der Waals surface area contributed by atoms with Gasteiger partial charge < -0.3 is 18.9 Å². The summed E-state index contributed by atoms with van der Waals surface area (Å²) in [6, 6.07) is 0. The first-order valence-electron chi connectivity index (χ1n) is 7.85. The number of carbonyl (C=O) groups excluding carboxylic acids is 2. The van der Waals surface area contributed by atoms with Gasteiger partial charge in [-0.2, -0.15) is 0 Å². The molecule has 0 saturated heterocycles. The highest BCUT2D eigenvalue weighted by Gasteiger charge is 2.44. The second-order valence-corrected chi connectivity index (χ2v) is 5.62. The highest BCUT2D eigenvalue weighted by atomic mass is 17.2. The van der Waals surface area contributed by atoms with Crippen molar-refractivity contribution in [2.24, 2.45) is 0 Å². The fourth-order valence-electron chi connectivity index (χ4n) is 2.50. The molecule has 2 aliphatic rings. The van der Waals surface area contributed by atoms with Crippen molar-refractivity contribution >= 4 is 11.9 Å². The summed E-state index contributed by atoms with van der Waals surface area (Å²) in [7, 11) is 5.75. The zero-order chi connectivity index (χ0) is 19.2. The van der Waals surface area contributed by atoms with Crippen molar-refractivity contribution in [1.29, 1.82) is 0 Å². The number of hydrogen-bond acceptors (Lipinski definition) is 8. The predicted molar refractivity (Wildman–Crippen MR) is 89.4 cm³/mol. The van der Waals surface area contributed by atoms with Gasteiger partial charge in [-0.15, -0.1) is 0 Å². The van der Waals surface area contributed by atoms with Gasteiger partial charge in [0.1, 0.15) is 11.5 Å². The summed E-state index contributed by atoms with van der Waals surface area (Å²) in [4.78, 5) is 34.3. The van der Waals surface area contributed by atoms with Crippen LogP contribution in [-0.4, -0.2) is 51.6 Å². The molecule has 8 nitrogen and oxygen atoms in total. The molecule has 0 aromatic carbocycles. The van der Waals surface area contributed by atoms with E-state index >= 15 is 0 Å². The van der Waals surface area contributed by atoms with E-state index < -0.39 is 23.1 Å². The molecule has 0 bridgehead atoms. The van der Waals surface area contributed by atoms with Crippen molar-refractivity contribution < 1.29 is 38.3 Å². The van der Waals surface area contributed by atoms with E-state index in [1.54, 1.807) is 24.3 Å². The van der Waals surface area contributed by atoms with Gasteiger partial charge in [0, 0.05) is 27.1 Å². The van der Waals surface area contributed by atoms with Gasteiger partial charge in [0.15, 0.2) is 11.2 Å². The third kappa shape index (κ3) is 3.81. The maximum absolute atomic E-state index is 12.4. The lowest BCUT2D eigenvalue weighted by atomic mass is 9.94. The number of rotatable bonds is 6. The van der Waals surface area contributed by atoms with Crippen molar-refractivity contribution in [3.05, 3.63) is 48.0 Å². The molecule has 0 aromatic heterocycles. The summed E-state index contributed by atoms with van der Waals surface area (Å²) in [5.74, 6) is -0.548. The van der Waals surface area contributed by atoms with E-state index in [1.165, 1.54) is 40.6 Å². The van der Waals surface area contributed by atoms with Gasteiger partial charge in [0.2, 0.25) is 0 Å². The summed E-state index contributed by atoms with van der Waals surface area (Å²) in [5.41, 5.74) is -2.79. The lowest BCUT2D eigenvalue weighted by Crippen LogP contribution is -2.44. The first-order chi connectivity index (χ1) is 12.4. The standard InChI is InChI=1S/C18H22O8/c1-21-13-5-9-17(23-3,10-6-13)15(19)25-26-16(20)18(24-4)11-7-14(22-2)8-12-18/h5-9,11H,10,12H2,1-4H3. The number of ether oxygens (including phenoxy) is 4. The molecule has 2 atom stereocenters. The summed E-state index contributed by atoms with van der Waals surface area (Å²) in [5, 5.41) is 0. The number of hydrogen-bond donors (Lipinski definition) is 0. The summed E-state index contributed by atoms with van der Waals surface area (Å²) >= 11 is 0. The second-order valence-electron chi connectivity index (χ2n) is 5.62. The Kier molecular flexibility index (Phi) is 6.23. The van der Waals surface area contributed by atoms with Crippen molar-refractivity contribution in [1.82, 2.24) is 0 Å². The Hall–Kier alpha value is -2.58. The molecule has 0 fully saturated rings. The Balaban J connectivity index is 2.01. The van der Waals surface area contributed by atoms with Crippen LogP contribution >= 0.6 is 0 Å². The van der Waals surface area contributed by atoms with Gasteiger partial charge in [-0.05, 0) is 36.5 Å². The van der Waals surface area contributed by atoms with Crippen LogP contribution in [0.4, 0.5) is 0 Å². The van der Waals surface area contributed by atoms with Crippen LogP contribution in [0.1, 0.15) is 12.8 Å². The minimum absolute atomic E-state index is 0.175. The zero-order valence-electron chi connectivity index (χ0n) is 15.1. The van der Waals surface area contributed by atoms with Crippen molar-refractivity contribution in [3.63, 3.8) is 0 Å². The Morgan fingerprint density at radius 2 is 1.15 bits per heavy atom. The van der Waals surface area contributed by atoms with Crippen LogP contribution in [0, 0.1) is 0 Å². The van der Waals surface area contributed by atoms with Gasteiger partial charge in [-0.25, -0.2) is 19.4 Å². The first kappa shape index (κ1) is 19.7. The van der Waals surface area contributed by atoms with Gasteiger partial charge in [-0.1, -0.05) is 0 Å². The molecule has 0 aliphatic heterocycles. The molecule has 2 aliphatic carbocycles. The SMILES string of the molecule is COC1=CCC(OC)(C(=O)OOC(=O)C2(OC)C=CC(OC)=CC2)C=C1. The fraction of sp³-hybridized carbons (Fsp3) is 0.444. The molecule has 0 N–H and O–H groups in total. The van der Waals surface area contributed by atoms with E-state index in [9.17, 15) is 9.59 Å². The Bertz CT molecular complexity index is 617. The highest BCUT2D eigenvalue weighted by molar-refractivity contribution is 5.86. The van der Waals surface area contributed by atoms with Gasteiger partial charge >= 0.3 is 11.9 Å². The average molecular weight is 366 g/mol. The largest absolute Gasteiger partial charge is 0.497 e. The zero-order valence-corrected chi connectivity index (χ0v) is 15.1. The quantitative estimate of drug-likeness (QED) is 0.519. The third-order valence-electron chi connectivity index (χ3n) is 4.33. The molecule has 8 heteroatoms. The van der Waals surface area contributed by atoms with Crippen molar-refractivity contribution in [2.75, 3.05) is 28.4 Å². The first-order valence-corrected chi connectivity index (χ1v) is 7.85. The summed E-state index contributed by atoms with van der Waals surface area (Å²) in [6.07, 6.45) is 9.82. The molecule has 0 heterocycles. The Morgan fingerprint density at radius 3 is 1.38 bits per heavy atom. The minimum Gasteiger partial charge on any atom is -0.497 e. The highest BCUT2D eigenvalue weighted by Crippen LogP contribution is 2.29. The third-order valence-corrected chi connectivity index (χ3v) is 4.33. The molecule has 2 rings (SSSR count). The van der Waals surface area contributed by atoms with Crippen molar-refractivity contribution in [3.8, 4) is 0 Å². The van der Waals surface area contributed by atoms with Crippen LogP contribution in [0.15, 0.2) is 48.0 Å². The Morgan fingerprint density at radius 1 is 0.769 bits per heavy atom. The number of allylic oxidation sites excluding steroid dienone is 2. The van der Waals surface area contributed by atoms with Crippen molar-refractivity contribution in [2.45, 2.75) is 24.0 Å². The maximum Gasteiger partial charge on any atom is 0.391 e. The van der Waals surface area contributed by atoms with E-state index in [2.05, 4.69) is 0 Å². The fourth-order valence-corrected chi connectivity index (χ4v) is 2.50. The number of methoxy groups -OCH3 is 4. The molecule has 0 amide bonds. The summed E-state index contributed by atoms with van der Waals surface area (Å²) < 4.78 is 20.7. The van der Waals surface area contributed by atoms with Gasteiger partial charge in [-0.3, -0.25) is 0 Å². The minimum atomic E-state index is -1.39. The van der Waals surface area contributed by atoms with E-state index in [1.807, 2.05) is 0 Å². The van der Waals surface area contributed by atoms with E-state index in [-0.39, 0.29) is 12.8 Å². The van der Waals surface area contributed by atoms with Crippen LogP contribution in [-0.2, 0) is 38.3 Å². The molecular weight excluding hydrogens is 344 g/mol. The second kappa shape index (κ2) is 8.20. The van der Waals surface area contributed by atoms with Crippen LogP contribution in [0.3, 0.4) is 0 Å². The number of carbonyl (C=O) groups is 2. The molecule has 0 radical (unpaired) electrons. The lowest BCUT2D eigenvalue weighted by molar-refractivity contribution is -0.278. The van der Waals surface area contributed by atoms with Crippen LogP contribution in [0.25, 0.3) is 0 Å². The van der Waals surface area contributed by atoms with E-state index in [0.29, 0.717) is 11.5 Å². The molecule has 0 spiro atoms. The lowest BCUT2D eigenvalue weighted by Gasteiger charge is -2.29. The molecule has 26 heavy (non-hydrogen) atoms. The topological polar surface area (TPSA) is 89.5 Å². The smallest absolute Gasteiger partial charge is 0.391 e. The normalized spacial score (nSPS) is 27.2. The average Bonchev–Trinajstić information content (AvgIpc) is 2.71. The predicted octanol–water partition coefficient (Wildman–Crippen LogP) is 1.74. The van der Waals surface area contributed by atoms with Gasteiger partial charge in [0.05, 0.1) is 14.2 Å². The monoisotopic (exact) mass is 366 g/mol. The van der Waals surface area contributed by atoms with Crippen LogP contribution < -0.4 is 0 Å². The van der Waals surface area contributed by atoms with E-state index in [0.717, 1.165) is 0 Å². The molecule has 0 aromatic rings. The molecule has 0 saturated carbocycles. The Labute approximate surface area is 151 Å². The molecular formula is C18H22O8. The van der Waals surface area contributed by atoms with Crippen LogP contribution in [0.2, 0.25) is 0 Å². The molecule has 2 unspecified atom stereocenters. The van der Waals surface area contributed by atoms with Crippen LogP contribution in [0.5, 0.6) is 0 Å².